The van der Waals surface area contributed by atoms with E-state index in [4.69, 9.17) is 16.9 Å². The maximum atomic E-state index is 13.0. The monoisotopic (exact) mass is 382 g/mol. The number of hydrogen-bond donors (Lipinski definition) is 0. The normalized spacial score (nSPS) is 10.8. The molecule has 2 aromatic carbocycles. The van der Waals surface area contributed by atoms with Gasteiger partial charge in [-0.3, -0.25) is 4.31 Å². The lowest BCUT2D eigenvalue weighted by Gasteiger charge is -2.20. The molecule has 0 aromatic heterocycles. The second-order valence-electron chi connectivity index (χ2n) is 4.82. The fraction of sp³-hybridized carbons (Fsp3) is 0.125. The molecule has 0 aliphatic rings. The van der Waals surface area contributed by atoms with Crippen LogP contribution in [0.4, 0.5) is 10.1 Å². The third-order valence-electron chi connectivity index (χ3n) is 3.27. The summed E-state index contributed by atoms with van der Waals surface area (Å²) in [4.78, 5) is 11.7. The van der Waals surface area contributed by atoms with Crippen LogP contribution in [-0.2, 0) is 14.8 Å². The lowest BCUT2D eigenvalue weighted by Crippen LogP contribution is -2.26. The minimum absolute atomic E-state index is 0.00803. The lowest BCUT2D eigenvalue weighted by atomic mass is 10.2. The van der Waals surface area contributed by atoms with Gasteiger partial charge in [-0.25, -0.2) is 17.6 Å². The molecule has 0 heterocycles. The number of rotatable bonds is 5. The molecule has 25 heavy (non-hydrogen) atoms. The van der Waals surface area contributed by atoms with E-state index in [-0.39, 0.29) is 21.2 Å². The van der Waals surface area contributed by atoms with Gasteiger partial charge in [-0.2, -0.15) is 5.26 Å². The van der Waals surface area contributed by atoms with Crippen molar-refractivity contribution in [3.05, 3.63) is 58.9 Å². The van der Waals surface area contributed by atoms with Gasteiger partial charge in [0.15, 0.2) is 6.61 Å². The van der Waals surface area contributed by atoms with E-state index in [1.165, 1.54) is 31.3 Å². The molecule has 0 spiro atoms. The van der Waals surface area contributed by atoms with Gasteiger partial charge in [-0.1, -0.05) is 11.6 Å². The Labute approximate surface area is 149 Å². The van der Waals surface area contributed by atoms with Crippen LogP contribution in [0.1, 0.15) is 10.4 Å². The molecule has 0 aliphatic carbocycles. The molecule has 0 amide bonds. The lowest BCUT2D eigenvalue weighted by molar-refractivity contribution is 0.0555. The third kappa shape index (κ3) is 4.07. The maximum Gasteiger partial charge on any atom is 0.340 e. The Bertz CT molecular complexity index is 940. The molecule has 2 rings (SSSR count). The topological polar surface area (TPSA) is 87.5 Å². The van der Waals surface area contributed by atoms with E-state index in [1.807, 2.05) is 0 Å². The van der Waals surface area contributed by atoms with Gasteiger partial charge >= 0.3 is 5.97 Å². The molecular formula is C16H12ClFN2O4S. The Morgan fingerprint density at radius 3 is 2.52 bits per heavy atom. The van der Waals surface area contributed by atoms with E-state index in [0.717, 1.165) is 22.5 Å². The third-order valence-corrected chi connectivity index (χ3v) is 5.39. The molecule has 0 radical (unpaired) electrons. The first-order chi connectivity index (χ1) is 11.8. The van der Waals surface area contributed by atoms with Gasteiger partial charge in [0.05, 0.1) is 21.2 Å². The maximum absolute atomic E-state index is 13.0. The number of sulfonamides is 1. The minimum Gasteiger partial charge on any atom is -0.447 e. The SMILES string of the molecule is CN(c1ccc(F)cc1)S(=O)(=O)c1ccc(Cl)c(C(=O)OCC#N)c1. The van der Waals surface area contributed by atoms with Crippen molar-refractivity contribution < 1.29 is 22.3 Å². The van der Waals surface area contributed by atoms with Crippen LogP contribution in [0.2, 0.25) is 5.02 Å². The molecule has 0 atom stereocenters. The van der Waals surface area contributed by atoms with Crippen molar-refractivity contribution in [3.8, 4) is 6.07 Å². The summed E-state index contributed by atoms with van der Waals surface area (Å²) < 4.78 is 44.0. The first kappa shape index (κ1) is 18.7. The molecule has 0 saturated heterocycles. The predicted octanol–water partition coefficient (Wildman–Crippen LogP) is 2.98. The first-order valence-corrected chi connectivity index (χ1v) is 8.67. The van der Waals surface area contributed by atoms with Crippen molar-refractivity contribution in [1.82, 2.24) is 0 Å². The Morgan fingerprint density at radius 1 is 1.28 bits per heavy atom. The molecule has 130 valence electrons. The van der Waals surface area contributed by atoms with Crippen LogP contribution in [0.3, 0.4) is 0 Å². The number of anilines is 1. The number of halogens is 2. The first-order valence-electron chi connectivity index (χ1n) is 6.85. The van der Waals surface area contributed by atoms with Gasteiger partial charge in [0.25, 0.3) is 10.0 Å². The van der Waals surface area contributed by atoms with Gasteiger partial charge < -0.3 is 4.74 Å². The van der Waals surface area contributed by atoms with Gasteiger partial charge in [-0.15, -0.1) is 0 Å². The fourth-order valence-electron chi connectivity index (χ4n) is 1.94. The van der Waals surface area contributed by atoms with E-state index >= 15 is 0 Å². The number of carbonyl (C=O) groups is 1. The van der Waals surface area contributed by atoms with E-state index < -0.39 is 28.4 Å². The van der Waals surface area contributed by atoms with E-state index in [9.17, 15) is 17.6 Å². The standard InChI is InChI=1S/C16H12ClFN2O4S/c1-20(12-4-2-11(18)3-5-12)25(22,23)13-6-7-15(17)14(10-13)16(21)24-9-8-19/h2-7,10H,9H2,1H3. The molecule has 9 heteroatoms. The summed E-state index contributed by atoms with van der Waals surface area (Å²) in [6.45, 7) is -0.485. The Balaban J connectivity index is 2.41. The van der Waals surface area contributed by atoms with Crippen LogP contribution in [0.25, 0.3) is 0 Å². The zero-order valence-corrected chi connectivity index (χ0v) is 14.5. The van der Waals surface area contributed by atoms with Crippen LogP contribution < -0.4 is 4.31 Å². The number of carbonyl (C=O) groups excluding carboxylic acids is 1. The van der Waals surface area contributed by atoms with Crippen LogP contribution in [-0.4, -0.2) is 28.0 Å². The Hall–Kier alpha value is -2.63. The highest BCUT2D eigenvalue weighted by molar-refractivity contribution is 7.92. The fourth-order valence-corrected chi connectivity index (χ4v) is 3.36. The molecule has 0 N–H and O–H groups in total. The average molecular weight is 383 g/mol. The zero-order chi connectivity index (χ0) is 18.6. The largest absolute Gasteiger partial charge is 0.447 e. The van der Waals surface area contributed by atoms with Crippen LogP contribution >= 0.6 is 11.6 Å². The number of hydrogen-bond acceptors (Lipinski definition) is 5. The smallest absolute Gasteiger partial charge is 0.340 e. The zero-order valence-electron chi connectivity index (χ0n) is 12.9. The molecule has 6 nitrogen and oxygen atoms in total. The molecule has 0 unspecified atom stereocenters. The summed E-state index contributed by atoms with van der Waals surface area (Å²) in [5.41, 5.74) is 0.0652. The predicted molar refractivity (Wildman–Crippen MR) is 89.3 cm³/mol. The highest BCUT2D eigenvalue weighted by Gasteiger charge is 2.24. The van der Waals surface area contributed by atoms with E-state index in [2.05, 4.69) is 4.74 Å². The molecule has 0 aliphatic heterocycles. The summed E-state index contributed by atoms with van der Waals surface area (Å²) in [5.74, 6) is -1.41. The highest BCUT2D eigenvalue weighted by atomic mass is 35.5. The second-order valence-corrected chi connectivity index (χ2v) is 7.20. The molecule has 0 fully saturated rings. The number of benzene rings is 2. The van der Waals surface area contributed by atoms with Crippen molar-refractivity contribution in [2.24, 2.45) is 0 Å². The number of ether oxygens (including phenoxy) is 1. The van der Waals surface area contributed by atoms with Gasteiger partial charge in [-0.05, 0) is 42.5 Å². The molecule has 2 aromatic rings. The van der Waals surface area contributed by atoms with E-state index in [0.29, 0.717) is 0 Å². The quantitative estimate of drug-likeness (QED) is 0.742. The van der Waals surface area contributed by atoms with Crippen LogP contribution in [0, 0.1) is 17.1 Å². The molecular weight excluding hydrogens is 371 g/mol. The second kappa shape index (κ2) is 7.51. The van der Waals surface area contributed by atoms with Gasteiger partial charge in [0, 0.05) is 7.05 Å². The van der Waals surface area contributed by atoms with Gasteiger partial charge in [0.1, 0.15) is 11.9 Å². The Kier molecular flexibility index (Phi) is 5.62. The van der Waals surface area contributed by atoms with Gasteiger partial charge in [0.2, 0.25) is 0 Å². The highest BCUT2D eigenvalue weighted by Crippen LogP contribution is 2.26. The minimum atomic E-state index is -4.02. The van der Waals surface area contributed by atoms with Crippen molar-refractivity contribution in [3.63, 3.8) is 0 Å². The summed E-state index contributed by atoms with van der Waals surface area (Å²) >= 11 is 5.90. The Morgan fingerprint density at radius 2 is 1.92 bits per heavy atom. The van der Waals surface area contributed by atoms with Crippen molar-refractivity contribution in [2.75, 3.05) is 18.0 Å². The van der Waals surface area contributed by atoms with Crippen molar-refractivity contribution >= 4 is 33.3 Å². The average Bonchev–Trinajstić information content (AvgIpc) is 2.59. The van der Waals surface area contributed by atoms with Crippen molar-refractivity contribution in [2.45, 2.75) is 4.90 Å². The van der Waals surface area contributed by atoms with Crippen LogP contribution in [0.15, 0.2) is 47.4 Å². The summed E-state index contributed by atoms with van der Waals surface area (Å²) in [6, 6.07) is 10.1. The summed E-state index contributed by atoms with van der Waals surface area (Å²) in [6.07, 6.45) is 0. The number of esters is 1. The number of nitrogens with zero attached hydrogens (tertiary/aromatic N) is 2. The molecule has 0 saturated carbocycles. The van der Waals surface area contributed by atoms with E-state index in [1.54, 1.807) is 6.07 Å². The summed E-state index contributed by atoms with van der Waals surface area (Å²) in [7, 11) is -2.72. The summed E-state index contributed by atoms with van der Waals surface area (Å²) in [5, 5.41) is 8.44. The number of nitriles is 1. The van der Waals surface area contributed by atoms with Crippen molar-refractivity contribution in [1.29, 1.82) is 5.26 Å². The molecule has 0 bridgehead atoms. The van der Waals surface area contributed by atoms with Crippen LogP contribution in [0.5, 0.6) is 0 Å².